The highest BCUT2D eigenvalue weighted by Gasteiger charge is 2.15. The van der Waals surface area contributed by atoms with Crippen LogP contribution in [0.15, 0.2) is 0 Å². The first-order valence-electron chi connectivity index (χ1n) is 18.4. The average molecular weight is 554 g/mol. The fourth-order valence-electron chi connectivity index (χ4n) is 5.96. The van der Waals surface area contributed by atoms with E-state index in [2.05, 4.69) is 26.9 Å². The van der Waals surface area contributed by atoms with Gasteiger partial charge in [-0.25, -0.2) is 0 Å². The Balaban J connectivity index is 3.04. The molecule has 38 heavy (non-hydrogen) atoms. The van der Waals surface area contributed by atoms with Gasteiger partial charge in [0.15, 0.2) is 0 Å². The number of rotatable bonds is 33. The minimum atomic E-state index is -0.519. The smallest absolute Gasteiger partial charge is 0.0586 e. The zero-order valence-corrected chi connectivity index (χ0v) is 28.7. The predicted octanol–water partition coefficient (Wildman–Crippen LogP) is 14.4. The van der Waals surface area contributed by atoms with Crippen LogP contribution in [0, 0.1) is 0 Å². The van der Waals surface area contributed by atoms with E-state index in [4.69, 9.17) is 0 Å². The van der Waals surface area contributed by atoms with Gasteiger partial charge in [0.25, 0.3) is 0 Å². The molecule has 230 valence electrons. The Morgan fingerprint density at radius 1 is 0.237 bits per heavy atom. The van der Waals surface area contributed by atoms with E-state index in [1.165, 1.54) is 212 Å². The summed E-state index contributed by atoms with van der Waals surface area (Å²) in [5.41, 5.74) is 0. The van der Waals surface area contributed by atoms with Crippen LogP contribution in [0.5, 0.6) is 0 Å². The Bertz CT molecular complexity index is 409. The van der Waals surface area contributed by atoms with Crippen molar-refractivity contribution in [2.24, 2.45) is 0 Å². The number of hydrogen-bond donors (Lipinski definition) is 0. The summed E-state index contributed by atoms with van der Waals surface area (Å²) in [6.07, 6.45) is 49.1. The van der Waals surface area contributed by atoms with E-state index in [0.29, 0.717) is 0 Å². The van der Waals surface area contributed by atoms with Crippen molar-refractivity contribution < 1.29 is 0 Å². The molecule has 0 bridgehead atoms. The van der Waals surface area contributed by atoms with Gasteiger partial charge in [0, 0.05) is 27.3 Å². The van der Waals surface area contributed by atoms with E-state index in [9.17, 15) is 0 Å². The predicted molar refractivity (Wildman–Crippen MR) is 183 cm³/mol. The summed E-state index contributed by atoms with van der Waals surface area (Å²) in [7, 11) is -0.519. The van der Waals surface area contributed by atoms with Crippen LogP contribution in [0.4, 0.5) is 0 Å². The molecule has 0 aliphatic carbocycles. The van der Waals surface area contributed by atoms with Gasteiger partial charge in [-0.15, -0.1) is 0 Å². The lowest BCUT2D eigenvalue weighted by atomic mass is 10.0. The van der Waals surface area contributed by atoms with Gasteiger partial charge >= 0.3 is 0 Å². The van der Waals surface area contributed by atoms with Crippen molar-refractivity contribution in [2.45, 2.75) is 212 Å². The molecule has 0 aromatic heterocycles. The van der Waals surface area contributed by atoms with Gasteiger partial charge in [0.1, 0.15) is 0 Å². The fraction of sp³-hybridized carbons (Fsp3) is 1.00. The van der Waals surface area contributed by atoms with Crippen molar-refractivity contribution in [1.82, 2.24) is 0 Å². The molecule has 0 saturated carbocycles. The summed E-state index contributed by atoms with van der Waals surface area (Å²) in [5.74, 6) is 0. The molecule has 0 aliphatic heterocycles. The molecule has 0 heterocycles. The molecule has 0 rings (SSSR count). The largest absolute Gasteiger partial charge is 0.0654 e. The Morgan fingerprint density at radius 3 is 0.553 bits per heavy atom. The molecule has 0 aromatic rings. The Hall–Kier alpha value is 0.430. The minimum Gasteiger partial charge on any atom is -0.0654 e. The van der Waals surface area contributed by atoms with Gasteiger partial charge in [0.2, 0.25) is 0 Å². The van der Waals surface area contributed by atoms with Crippen LogP contribution in [0.3, 0.4) is 0 Å². The molecule has 0 atom stereocenters. The quantitative estimate of drug-likeness (QED) is 0.0560. The fourth-order valence-corrected chi connectivity index (χ4v) is 7.13. The van der Waals surface area contributed by atoms with Crippen LogP contribution in [-0.4, -0.2) is 26.2 Å². The molecule has 0 unspecified atom stereocenters. The first-order valence-corrected chi connectivity index (χ1v) is 21.7. The number of unbranched alkanes of at least 4 members (excludes halogenated alkanes) is 31. The van der Waals surface area contributed by atoms with Crippen LogP contribution in [0.2, 0.25) is 0 Å². The highest BCUT2D eigenvalue weighted by molar-refractivity contribution is 7.73. The topological polar surface area (TPSA) is 0 Å². The Kier molecular flexibility index (Phi) is 32.3. The highest BCUT2D eigenvalue weighted by Crippen LogP contribution is 2.47. The molecule has 0 aliphatic rings. The zero-order valence-electron chi connectivity index (χ0n) is 27.8. The molecule has 0 aromatic carbocycles. The molecular formula is C37H78P+. The van der Waals surface area contributed by atoms with E-state index in [0.717, 1.165) is 0 Å². The third kappa shape index (κ3) is 36.4. The lowest BCUT2D eigenvalue weighted by molar-refractivity contribution is 0.512. The first-order chi connectivity index (χ1) is 18.6. The van der Waals surface area contributed by atoms with Gasteiger partial charge in [-0.05, 0) is 12.8 Å². The second-order valence-electron chi connectivity index (χ2n) is 14.0. The second kappa shape index (κ2) is 32.0. The first kappa shape index (κ1) is 38.4. The molecule has 0 N–H and O–H groups in total. The molecule has 0 saturated heterocycles. The van der Waals surface area contributed by atoms with Crippen molar-refractivity contribution >= 4 is 7.26 Å². The maximum Gasteiger partial charge on any atom is 0.0586 e. The molecule has 0 fully saturated rings. The van der Waals surface area contributed by atoms with Gasteiger partial charge in [-0.3, -0.25) is 0 Å². The number of hydrogen-bond acceptors (Lipinski definition) is 0. The van der Waals surface area contributed by atoms with Gasteiger partial charge in [-0.1, -0.05) is 200 Å². The van der Waals surface area contributed by atoms with Gasteiger partial charge in [-0.2, -0.15) is 0 Å². The van der Waals surface area contributed by atoms with E-state index in [1.54, 1.807) is 0 Å². The van der Waals surface area contributed by atoms with E-state index in [1.807, 2.05) is 0 Å². The van der Waals surface area contributed by atoms with Gasteiger partial charge in [0.05, 0.1) is 6.16 Å². The van der Waals surface area contributed by atoms with E-state index >= 15 is 0 Å². The maximum atomic E-state index is 2.48. The van der Waals surface area contributed by atoms with E-state index < -0.39 is 7.26 Å². The summed E-state index contributed by atoms with van der Waals surface area (Å²) in [5, 5.41) is 0. The maximum absolute atomic E-state index is 2.48. The molecule has 1 heteroatoms. The SMILES string of the molecule is CCCCCCCCCCCCCCCCCCCCCCCCCCCCCCCCCC[P+](C)(C)C. The van der Waals surface area contributed by atoms with Crippen LogP contribution >= 0.6 is 7.26 Å². The molecule has 0 nitrogen and oxygen atoms in total. The Morgan fingerprint density at radius 2 is 0.395 bits per heavy atom. The van der Waals surface area contributed by atoms with Crippen molar-refractivity contribution in [1.29, 1.82) is 0 Å². The zero-order chi connectivity index (χ0) is 27.8. The van der Waals surface area contributed by atoms with Crippen LogP contribution in [0.25, 0.3) is 0 Å². The van der Waals surface area contributed by atoms with E-state index in [-0.39, 0.29) is 0 Å². The standard InChI is InChI=1S/C37H78P/c1-5-6-7-8-9-10-11-12-13-14-15-16-17-18-19-20-21-22-23-24-25-26-27-28-29-30-31-32-33-34-35-36-37-38(2,3)4/h5-37H2,1-4H3/q+1. The molecule has 0 spiro atoms. The summed E-state index contributed by atoms with van der Waals surface area (Å²) in [6, 6.07) is 0. The van der Waals surface area contributed by atoms with Crippen molar-refractivity contribution in [2.75, 3.05) is 26.2 Å². The van der Waals surface area contributed by atoms with Crippen LogP contribution in [-0.2, 0) is 0 Å². The third-order valence-electron chi connectivity index (χ3n) is 8.68. The summed E-state index contributed by atoms with van der Waals surface area (Å²) in [4.78, 5) is 0. The second-order valence-corrected chi connectivity index (χ2v) is 19.0. The van der Waals surface area contributed by atoms with Crippen molar-refractivity contribution in [3.8, 4) is 0 Å². The lowest BCUT2D eigenvalue weighted by Crippen LogP contribution is -1.93. The lowest BCUT2D eigenvalue weighted by Gasteiger charge is -2.10. The minimum absolute atomic E-state index is 0.519. The molecule has 0 amide bonds. The average Bonchev–Trinajstić information content (AvgIpc) is 2.88. The molecule has 0 radical (unpaired) electrons. The summed E-state index contributed by atoms with van der Waals surface area (Å²) in [6.45, 7) is 9.75. The summed E-state index contributed by atoms with van der Waals surface area (Å²) < 4.78 is 0. The monoisotopic (exact) mass is 554 g/mol. The highest BCUT2D eigenvalue weighted by atomic mass is 31.2. The normalized spacial score (nSPS) is 12.0. The third-order valence-corrected chi connectivity index (χ3v) is 10.3. The molecular weight excluding hydrogens is 475 g/mol. The summed E-state index contributed by atoms with van der Waals surface area (Å²) >= 11 is 0. The van der Waals surface area contributed by atoms with Gasteiger partial charge < -0.3 is 0 Å². The van der Waals surface area contributed by atoms with Crippen molar-refractivity contribution in [3.05, 3.63) is 0 Å². The van der Waals surface area contributed by atoms with Crippen LogP contribution < -0.4 is 0 Å². The van der Waals surface area contributed by atoms with Crippen molar-refractivity contribution in [3.63, 3.8) is 0 Å². The Labute approximate surface area is 245 Å². The van der Waals surface area contributed by atoms with Crippen LogP contribution in [0.1, 0.15) is 212 Å².